The van der Waals surface area contributed by atoms with Crippen molar-refractivity contribution in [2.24, 2.45) is 5.92 Å². The van der Waals surface area contributed by atoms with Crippen molar-refractivity contribution in [2.75, 3.05) is 23.4 Å². The number of esters is 1. The molecule has 2 amide bonds. The van der Waals surface area contributed by atoms with Crippen molar-refractivity contribution in [1.82, 2.24) is 0 Å². The fourth-order valence-electron chi connectivity index (χ4n) is 3.46. The van der Waals surface area contributed by atoms with Gasteiger partial charge in [-0.15, -0.1) is 11.3 Å². The highest BCUT2D eigenvalue weighted by molar-refractivity contribution is 7.16. The second-order valence-corrected chi connectivity index (χ2v) is 9.35. The van der Waals surface area contributed by atoms with E-state index in [1.54, 1.807) is 6.92 Å². The zero-order valence-corrected chi connectivity index (χ0v) is 19.6. The van der Waals surface area contributed by atoms with Gasteiger partial charge < -0.3 is 15.0 Å². The molecule has 0 bridgehead atoms. The summed E-state index contributed by atoms with van der Waals surface area (Å²) < 4.78 is 5.37. The Balaban J connectivity index is 1.74. The molecule has 1 saturated carbocycles. The molecule has 1 aromatic carbocycles. The third kappa shape index (κ3) is 5.54. The predicted molar refractivity (Wildman–Crippen MR) is 124 cm³/mol. The van der Waals surface area contributed by atoms with Gasteiger partial charge in [-0.25, -0.2) is 4.79 Å². The molecule has 168 valence electrons. The van der Waals surface area contributed by atoms with Gasteiger partial charge in [0.1, 0.15) is 5.00 Å². The lowest BCUT2D eigenvalue weighted by Crippen LogP contribution is -2.35. The number of rotatable bonds is 8. The Bertz CT molecular complexity index is 1080. The number of hydrogen-bond donors (Lipinski definition) is 1. The van der Waals surface area contributed by atoms with E-state index in [9.17, 15) is 14.4 Å². The van der Waals surface area contributed by atoms with Crippen molar-refractivity contribution in [3.63, 3.8) is 0 Å². The van der Waals surface area contributed by atoms with Crippen LogP contribution in [0.3, 0.4) is 0 Å². The van der Waals surface area contributed by atoms with Gasteiger partial charge in [0.15, 0.2) is 6.61 Å². The SMILES string of the molecule is Cc1cc(C)cc(N(CCC#N)C(=O)COC(=O)c2c(NC(=O)C3CC3)sc(C)c2C)c1. The van der Waals surface area contributed by atoms with Gasteiger partial charge in [0.25, 0.3) is 5.91 Å². The Morgan fingerprint density at radius 3 is 2.41 bits per heavy atom. The number of nitrogens with zero attached hydrogens (tertiary/aromatic N) is 2. The molecule has 7 nitrogen and oxygen atoms in total. The van der Waals surface area contributed by atoms with E-state index in [1.807, 2.05) is 39.0 Å². The van der Waals surface area contributed by atoms with Gasteiger partial charge in [0, 0.05) is 23.0 Å². The van der Waals surface area contributed by atoms with E-state index in [-0.39, 0.29) is 24.8 Å². The topological polar surface area (TPSA) is 99.5 Å². The van der Waals surface area contributed by atoms with Crippen LogP contribution >= 0.6 is 11.3 Å². The van der Waals surface area contributed by atoms with Crippen LogP contribution in [0, 0.1) is 44.9 Å². The Kier molecular flexibility index (Phi) is 7.31. The van der Waals surface area contributed by atoms with E-state index in [0.29, 0.717) is 16.3 Å². The highest BCUT2D eigenvalue weighted by Crippen LogP contribution is 2.36. The summed E-state index contributed by atoms with van der Waals surface area (Å²) in [5.41, 5.74) is 3.68. The van der Waals surface area contributed by atoms with Crippen LogP contribution < -0.4 is 10.2 Å². The highest BCUT2D eigenvalue weighted by atomic mass is 32.1. The van der Waals surface area contributed by atoms with Crippen molar-refractivity contribution in [1.29, 1.82) is 5.26 Å². The number of thiophene rings is 1. The molecular weight excluding hydrogens is 426 g/mol. The molecule has 0 saturated heterocycles. The van der Waals surface area contributed by atoms with Crippen LogP contribution in [0.2, 0.25) is 0 Å². The van der Waals surface area contributed by atoms with Crippen LogP contribution in [-0.2, 0) is 14.3 Å². The zero-order chi connectivity index (χ0) is 23.4. The van der Waals surface area contributed by atoms with Gasteiger partial charge in [-0.05, 0) is 69.4 Å². The van der Waals surface area contributed by atoms with E-state index in [1.165, 1.54) is 16.2 Å². The Morgan fingerprint density at radius 1 is 1.16 bits per heavy atom. The molecule has 1 aliphatic carbocycles. The maximum atomic E-state index is 12.9. The number of carbonyl (C=O) groups excluding carboxylic acids is 3. The summed E-state index contributed by atoms with van der Waals surface area (Å²) in [6.07, 6.45) is 1.88. The molecular formula is C24H27N3O4S. The Labute approximate surface area is 192 Å². The number of nitrogens with one attached hydrogen (secondary N) is 1. The van der Waals surface area contributed by atoms with Crippen LogP contribution in [0.15, 0.2) is 18.2 Å². The maximum Gasteiger partial charge on any atom is 0.341 e. The monoisotopic (exact) mass is 453 g/mol. The van der Waals surface area contributed by atoms with Gasteiger partial charge >= 0.3 is 5.97 Å². The molecule has 3 rings (SSSR count). The molecule has 1 N–H and O–H groups in total. The molecule has 0 radical (unpaired) electrons. The highest BCUT2D eigenvalue weighted by Gasteiger charge is 2.32. The Morgan fingerprint density at radius 2 is 1.81 bits per heavy atom. The normalized spacial score (nSPS) is 12.7. The summed E-state index contributed by atoms with van der Waals surface area (Å²) in [5.74, 6) is -1.14. The summed E-state index contributed by atoms with van der Waals surface area (Å²) in [6, 6.07) is 7.77. The molecule has 32 heavy (non-hydrogen) atoms. The minimum absolute atomic E-state index is 0.00892. The van der Waals surface area contributed by atoms with E-state index in [2.05, 4.69) is 11.4 Å². The van der Waals surface area contributed by atoms with E-state index in [4.69, 9.17) is 10.00 Å². The molecule has 2 aromatic rings. The molecule has 1 fully saturated rings. The maximum absolute atomic E-state index is 12.9. The van der Waals surface area contributed by atoms with Crippen molar-refractivity contribution in [3.8, 4) is 6.07 Å². The lowest BCUT2D eigenvalue weighted by atomic mass is 10.1. The second kappa shape index (κ2) is 9.96. The molecule has 1 aromatic heterocycles. The number of benzene rings is 1. The average Bonchev–Trinajstić information content (AvgIpc) is 3.53. The first-order valence-electron chi connectivity index (χ1n) is 10.5. The molecule has 0 atom stereocenters. The Hall–Kier alpha value is -3.18. The predicted octanol–water partition coefficient (Wildman–Crippen LogP) is 4.43. The number of hydrogen-bond acceptors (Lipinski definition) is 6. The molecule has 8 heteroatoms. The fourth-order valence-corrected chi connectivity index (χ4v) is 4.52. The van der Waals surface area contributed by atoms with Gasteiger partial charge in [-0.3, -0.25) is 9.59 Å². The third-order valence-corrected chi connectivity index (χ3v) is 6.49. The molecule has 0 unspecified atom stereocenters. The smallest absolute Gasteiger partial charge is 0.341 e. The largest absolute Gasteiger partial charge is 0.452 e. The van der Waals surface area contributed by atoms with Crippen LogP contribution in [0.1, 0.15) is 51.2 Å². The molecule has 1 aliphatic rings. The summed E-state index contributed by atoms with van der Waals surface area (Å²) in [5, 5.41) is 12.3. The van der Waals surface area contributed by atoms with Gasteiger partial charge in [-0.1, -0.05) is 6.07 Å². The van der Waals surface area contributed by atoms with E-state index in [0.717, 1.165) is 34.4 Å². The number of carbonyl (C=O) groups is 3. The number of anilines is 2. The standard InChI is InChI=1S/C24H27N3O4S/c1-14-10-15(2)12-19(11-14)27(9-5-8-25)20(28)13-31-24(30)21-16(3)17(4)32-23(21)26-22(29)18-6-7-18/h10-12,18H,5-7,9,13H2,1-4H3,(H,26,29). The van der Waals surface area contributed by atoms with Crippen molar-refractivity contribution in [2.45, 2.75) is 47.0 Å². The molecule has 0 aliphatic heterocycles. The number of aryl methyl sites for hydroxylation is 3. The minimum Gasteiger partial charge on any atom is -0.452 e. The summed E-state index contributed by atoms with van der Waals surface area (Å²) in [4.78, 5) is 40.4. The molecule has 1 heterocycles. The summed E-state index contributed by atoms with van der Waals surface area (Å²) in [6.45, 7) is 7.28. The lowest BCUT2D eigenvalue weighted by Gasteiger charge is -2.22. The van der Waals surface area contributed by atoms with Crippen LogP contribution in [0.25, 0.3) is 0 Å². The first-order chi connectivity index (χ1) is 15.2. The first kappa shape index (κ1) is 23.5. The van der Waals surface area contributed by atoms with E-state index >= 15 is 0 Å². The van der Waals surface area contributed by atoms with Gasteiger partial charge in [0.2, 0.25) is 5.91 Å². The summed E-state index contributed by atoms with van der Waals surface area (Å²) >= 11 is 1.33. The van der Waals surface area contributed by atoms with Gasteiger partial charge in [0.05, 0.1) is 18.1 Å². The quantitative estimate of drug-likeness (QED) is 0.596. The van der Waals surface area contributed by atoms with Gasteiger partial charge in [-0.2, -0.15) is 5.26 Å². The van der Waals surface area contributed by atoms with Crippen LogP contribution in [0.4, 0.5) is 10.7 Å². The molecule has 0 spiro atoms. The van der Waals surface area contributed by atoms with Crippen LogP contribution in [-0.4, -0.2) is 30.9 Å². The lowest BCUT2D eigenvalue weighted by molar-refractivity contribution is -0.121. The fraction of sp³-hybridized carbons (Fsp3) is 0.417. The van der Waals surface area contributed by atoms with Crippen molar-refractivity contribution >= 4 is 39.8 Å². The van der Waals surface area contributed by atoms with Crippen LogP contribution in [0.5, 0.6) is 0 Å². The van der Waals surface area contributed by atoms with Crippen molar-refractivity contribution < 1.29 is 19.1 Å². The second-order valence-electron chi connectivity index (χ2n) is 8.13. The zero-order valence-electron chi connectivity index (χ0n) is 18.8. The van der Waals surface area contributed by atoms with Crippen molar-refractivity contribution in [3.05, 3.63) is 45.3 Å². The van der Waals surface area contributed by atoms with E-state index < -0.39 is 18.5 Å². The minimum atomic E-state index is -0.646. The average molecular weight is 454 g/mol. The number of ether oxygens (including phenoxy) is 1. The number of amides is 2. The first-order valence-corrected chi connectivity index (χ1v) is 11.4. The summed E-state index contributed by atoms with van der Waals surface area (Å²) in [7, 11) is 0. The third-order valence-electron chi connectivity index (χ3n) is 5.37. The number of nitriles is 1.